The first-order chi connectivity index (χ1) is 8.16. The molecule has 1 N–H and O–H groups in total. The molecule has 0 unspecified atom stereocenters. The molecule has 2 aromatic rings. The van der Waals surface area contributed by atoms with Crippen molar-refractivity contribution >= 4 is 5.97 Å². The molecule has 86 valence electrons. The van der Waals surface area contributed by atoms with Gasteiger partial charge in [-0.2, -0.15) is 0 Å². The lowest BCUT2D eigenvalue weighted by atomic mass is 10.0. The molecule has 2 rings (SSSR count). The fraction of sp³-hybridized carbons (Fsp3) is 0.143. The molecule has 3 heteroatoms. The van der Waals surface area contributed by atoms with Gasteiger partial charge in [0.25, 0.3) is 0 Å². The Kier molecular flexibility index (Phi) is 3.19. The van der Waals surface area contributed by atoms with Crippen LogP contribution in [0, 0.1) is 6.92 Å². The number of aromatic carboxylic acids is 1. The lowest BCUT2D eigenvalue weighted by molar-refractivity contribution is 0.0696. The van der Waals surface area contributed by atoms with Crippen LogP contribution in [-0.4, -0.2) is 16.1 Å². The summed E-state index contributed by atoms with van der Waals surface area (Å²) in [4.78, 5) is 15.2. The molecule has 0 spiro atoms. The molecule has 0 saturated heterocycles. The second-order valence-electron chi connectivity index (χ2n) is 3.95. The third kappa shape index (κ3) is 2.69. The number of benzene rings is 1. The Bertz CT molecular complexity index is 535. The largest absolute Gasteiger partial charge is 0.478 e. The molecule has 0 radical (unpaired) electrons. The third-order valence-corrected chi connectivity index (χ3v) is 2.64. The fourth-order valence-electron chi connectivity index (χ4n) is 1.72. The SMILES string of the molecule is Cc1ccc(Cc2ccccn2)cc1C(=O)O. The van der Waals surface area contributed by atoms with Gasteiger partial charge >= 0.3 is 5.97 Å². The van der Waals surface area contributed by atoms with Gasteiger partial charge in [0.1, 0.15) is 0 Å². The zero-order valence-corrected chi connectivity index (χ0v) is 9.55. The Balaban J connectivity index is 2.29. The molecule has 1 aromatic heterocycles. The summed E-state index contributed by atoms with van der Waals surface area (Å²) in [6.45, 7) is 1.80. The minimum Gasteiger partial charge on any atom is -0.478 e. The Labute approximate surface area is 99.8 Å². The van der Waals surface area contributed by atoms with E-state index in [1.54, 1.807) is 19.2 Å². The van der Waals surface area contributed by atoms with E-state index in [2.05, 4.69) is 4.98 Å². The molecule has 0 fully saturated rings. The summed E-state index contributed by atoms with van der Waals surface area (Å²) >= 11 is 0. The fourth-order valence-corrected chi connectivity index (χ4v) is 1.72. The van der Waals surface area contributed by atoms with Crippen LogP contribution in [0.5, 0.6) is 0 Å². The van der Waals surface area contributed by atoms with E-state index in [4.69, 9.17) is 5.11 Å². The van der Waals surface area contributed by atoms with Crippen LogP contribution in [0.1, 0.15) is 27.2 Å². The van der Waals surface area contributed by atoms with Gasteiger partial charge < -0.3 is 5.11 Å². The van der Waals surface area contributed by atoms with Gasteiger partial charge in [0.15, 0.2) is 0 Å². The van der Waals surface area contributed by atoms with Crippen molar-refractivity contribution in [2.45, 2.75) is 13.3 Å². The predicted molar refractivity (Wildman–Crippen MR) is 65.2 cm³/mol. The van der Waals surface area contributed by atoms with Crippen LogP contribution in [0.3, 0.4) is 0 Å². The monoisotopic (exact) mass is 227 g/mol. The van der Waals surface area contributed by atoms with Gasteiger partial charge in [-0.05, 0) is 36.2 Å². The summed E-state index contributed by atoms with van der Waals surface area (Å²) in [7, 11) is 0. The van der Waals surface area contributed by atoms with Crippen molar-refractivity contribution in [2.24, 2.45) is 0 Å². The van der Waals surface area contributed by atoms with Crippen molar-refractivity contribution in [3.05, 3.63) is 65.0 Å². The Morgan fingerprint density at radius 3 is 2.76 bits per heavy atom. The molecule has 3 nitrogen and oxygen atoms in total. The first kappa shape index (κ1) is 11.3. The van der Waals surface area contributed by atoms with Crippen LogP contribution in [0.25, 0.3) is 0 Å². The van der Waals surface area contributed by atoms with Crippen LogP contribution in [0.4, 0.5) is 0 Å². The van der Waals surface area contributed by atoms with Gasteiger partial charge in [-0.15, -0.1) is 0 Å². The first-order valence-electron chi connectivity index (χ1n) is 5.39. The van der Waals surface area contributed by atoms with Gasteiger partial charge in [0.2, 0.25) is 0 Å². The molecule has 1 heterocycles. The molecule has 0 aliphatic rings. The van der Waals surface area contributed by atoms with Crippen LogP contribution in [0.15, 0.2) is 42.6 Å². The zero-order chi connectivity index (χ0) is 12.3. The lowest BCUT2D eigenvalue weighted by Crippen LogP contribution is -2.01. The highest BCUT2D eigenvalue weighted by molar-refractivity contribution is 5.89. The molecular weight excluding hydrogens is 214 g/mol. The summed E-state index contributed by atoms with van der Waals surface area (Å²) in [5.74, 6) is -0.884. The average molecular weight is 227 g/mol. The number of carboxylic acid groups (broad SMARTS) is 1. The maximum atomic E-state index is 11.0. The molecule has 17 heavy (non-hydrogen) atoms. The number of aromatic nitrogens is 1. The smallest absolute Gasteiger partial charge is 0.335 e. The van der Waals surface area contributed by atoms with E-state index in [0.29, 0.717) is 12.0 Å². The highest BCUT2D eigenvalue weighted by Crippen LogP contribution is 2.14. The van der Waals surface area contributed by atoms with Gasteiger partial charge in [-0.25, -0.2) is 4.79 Å². The normalized spacial score (nSPS) is 10.2. The van der Waals surface area contributed by atoms with E-state index >= 15 is 0 Å². The van der Waals surface area contributed by atoms with Crippen molar-refractivity contribution in [1.29, 1.82) is 0 Å². The number of aryl methyl sites for hydroxylation is 1. The molecule has 1 aromatic carbocycles. The Hall–Kier alpha value is -2.16. The first-order valence-corrected chi connectivity index (χ1v) is 5.39. The average Bonchev–Trinajstić information content (AvgIpc) is 2.32. The van der Waals surface area contributed by atoms with Gasteiger partial charge in [0, 0.05) is 18.3 Å². The quantitative estimate of drug-likeness (QED) is 0.877. The number of pyridine rings is 1. The zero-order valence-electron chi connectivity index (χ0n) is 9.55. The van der Waals surface area contributed by atoms with Crippen molar-refractivity contribution < 1.29 is 9.90 Å². The Morgan fingerprint density at radius 1 is 1.29 bits per heavy atom. The minimum atomic E-state index is -0.884. The molecular formula is C14H13NO2. The maximum absolute atomic E-state index is 11.0. The van der Waals surface area contributed by atoms with Crippen LogP contribution in [-0.2, 0) is 6.42 Å². The molecule has 0 atom stereocenters. The maximum Gasteiger partial charge on any atom is 0.335 e. The molecule has 0 aliphatic carbocycles. The summed E-state index contributed by atoms with van der Waals surface area (Å²) in [6.07, 6.45) is 2.39. The van der Waals surface area contributed by atoms with E-state index in [-0.39, 0.29) is 0 Å². The Morgan fingerprint density at radius 2 is 2.12 bits per heavy atom. The summed E-state index contributed by atoms with van der Waals surface area (Å²) in [5, 5.41) is 9.04. The van der Waals surface area contributed by atoms with Gasteiger partial charge in [-0.3, -0.25) is 4.98 Å². The number of nitrogens with zero attached hydrogens (tertiary/aromatic N) is 1. The molecule has 0 amide bonds. The topological polar surface area (TPSA) is 50.2 Å². The summed E-state index contributed by atoms with van der Waals surface area (Å²) in [5.41, 5.74) is 3.04. The number of hydrogen-bond acceptors (Lipinski definition) is 2. The summed E-state index contributed by atoms with van der Waals surface area (Å²) < 4.78 is 0. The molecule has 0 bridgehead atoms. The molecule has 0 aliphatic heterocycles. The standard InChI is InChI=1S/C14H13NO2/c1-10-5-6-11(9-13(10)14(16)17)8-12-4-2-3-7-15-12/h2-7,9H,8H2,1H3,(H,16,17). The highest BCUT2D eigenvalue weighted by Gasteiger charge is 2.08. The second kappa shape index (κ2) is 4.78. The van der Waals surface area contributed by atoms with Crippen molar-refractivity contribution in [3.8, 4) is 0 Å². The van der Waals surface area contributed by atoms with Crippen LogP contribution < -0.4 is 0 Å². The van der Waals surface area contributed by atoms with Gasteiger partial charge in [0.05, 0.1) is 5.56 Å². The van der Waals surface area contributed by atoms with Crippen LogP contribution in [0.2, 0.25) is 0 Å². The van der Waals surface area contributed by atoms with Crippen molar-refractivity contribution in [2.75, 3.05) is 0 Å². The van der Waals surface area contributed by atoms with E-state index in [0.717, 1.165) is 16.8 Å². The van der Waals surface area contributed by atoms with Crippen molar-refractivity contribution in [3.63, 3.8) is 0 Å². The van der Waals surface area contributed by atoms with E-state index in [1.165, 1.54) is 0 Å². The van der Waals surface area contributed by atoms with Gasteiger partial charge in [-0.1, -0.05) is 18.2 Å². The number of hydrogen-bond donors (Lipinski definition) is 1. The summed E-state index contributed by atoms with van der Waals surface area (Å²) in [6, 6.07) is 11.2. The number of rotatable bonds is 3. The van der Waals surface area contributed by atoms with E-state index in [1.807, 2.05) is 30.3 Å². The number of carboxylic acids is 1. The lowest BCUT2D eigenvalue weighted by Gasteiger charge is -2.05. The van der Waals surface area contributed by atoms with E-state index in [9.17, 15) is 4.79 Å². The minimum absolute atomic E-state index is 0.360. The highest BCUT2D eigenvalue weighted by atomic mass is 16.4. The third-order valence-electron chi connectivity index (χ3n) is 2.64. The van der Waals surface area contributed by atoms with Crippen LogP contribution >= 0.6 is 0 Å². The number of carbonyl (C=O) groups is 1. The predicted octanol–water partition coefficient (Wildman–Crippen LogP) is 2.68. The van der Waals surface area contributed by atoms with E-state index < -0.39 is 5.97 Å². The van der Waals surface area contributed by atoms with Crippen molar-refractivity contribution in [1.82, 2.24) is 4.98 Å². The molecule has 0 saturated carbocycles. The second-order valence-corrected chi connectivity index (χ2v) is 3.95.